The Kier molecular flexibility index (Phi) is 7.12. The van der Waals surface area contributed by atoms with Gasteiger partial charge < -0.3 is 9.80 Å². The van der Waals surface area contributed by atoms with Crippen LogP contribution in [0.3, 0.4) is 0 Å². The fraction of sp³-hybridized carbons (Fsp3) is 0.200. The highest BCUT2D eigenvalue weighted by atomic mass is 32.2. The summed E-state index contributed by atoms with van der Waals surface area (Å²) in [6.07, 6.45) is 3.33. The highest BCUT2D eigenvalue weighted by Gasteiger charge is 2.36. The molecule has 10 heteroatoms. The van der Waals surface area contributed by atoms with Crippen LogP contribution in [-0.4, -0.2) is 50.7 Å². The van der Waals surface area contributed by atoms with Crippen LogP contribution in [0.5, 0.6) is 0 Å². The number of thiocarbonyl (C=S) groups is 1. The molecule has 0 radical (unpaired) electrons. The van der Waals surface area contributed by atoms with Crippen LogP contribution in [0.25, 0.3) is 11.7 Å². The van der Waals surface area contributed by atoms with Crippen LogP contribution in [0.4, 0.5) is 15.9 Å². The van der Waals surface area contributed by atoms with Gasteiger partial charge in [-0.25, -0.2) is 9.37 Å². The summed E-state index contributed by atoms with van der Waals surface area (Å²) in [6, 6.07) is 21.4. The highest BCUT2D eigenvalue weighted by Crippen LogP contribution is 2.38. The van der Waals surface area contributed by atoms with E-state index in [0.29, 0.717) is 52.4 Å². The number of carbonyl (C=O) groups is 1. The number of halogens is 1. The van der Waals surface area contributed by atoms with Gasteiger partial charge in [-0.05, 0) is 55.0 Å². The molecule has 0 bridgehead atoms. The average Bonchev–Trinajstić information content (AvgIpc) is 3.27. The molecule has 2 saturated heterocycles. The Bertz CT molecular complexity index is 1680. The van der Waals surface area contributed by atoms with Crippen molar-refractivity contribution in [2.75, 3.05) is 36.0 Å². The van der Waals surface area contributed by atoms with Crippen molar-refractivity contribution in [3.63, 3.8) is 0 Å². The number of thioether (sulfide) groups is 1. The van der Waals surface area contributed by atoms with Crippen molar-refractivity contribution in [2.45, 2.75) is 13.0 Å². The summed E-state index contributed by atoms with van der Waals surface area (Å²) in [4.78, 5) is 38.5. The van der Waals surface area contributed by atoms with Gasteiger partial charge in [0.2, 0.25) is 0 Å². The lowest BCUT2D eigenvalue weighted by molar-refractivity contribution is -0.123. The third-order valence-electron chi connectivity index (χ3n) is 7.29. The third kappa shape index (κ3) is 4.89. The lowest BCUT2D eigenvalue weighted by atomic mass is 10.1. The van der Waals surface area contributed by atoms with E-state index < -0.39 is 0 Å². The number of carbonyl (C=O) groups excluding carboxylic acids is 1. The van der Waals surface area contributed by atoms with Crippen LogP contribution < -0.4 is 15.4 Å². The number of nitrogens with zero attached hydrogens (tertiary/aromatic N) is 5. The molecule has 40 heavy (non-hydrogen) atoms. The predicted molar refractivity (Wildman–Crippen MR) is 162 cm³/mol. The molecule has 0 N–H and O–H groups in total. The Morgan fingerprint density at radius 3 is 2.33 bits per heavy atom. The number of hydrogen-bond acceptors (Lipinski definition) is 7. The first-order valence-corrected chi connectivity index (χ1v) is 14.2. The van der Waals surface area contributed by atoms with Gasteiger partial charge >= 0.3 is 0 Å². The molecule has 0 spiro atoms. The molecule has 0 aliphatic carbocycles. The number of rotatable bonds is 5. The molecule has 6 rings (SSSR count). The summed E-state index contributed by atoms with van der Waals surface area (Å²) in [5, 5.41) is 0. The van der Waals surface area contributed by atoms with Gasteiger partial charge in [0, 0.05) is 38.1 Å². The van der Waals surface area contributed by atoms with E-state index in [-0.39, 0.29) is 23.3 Å². The molecule has 2 aromatic heterocycles. The molecule has 202 valence electrons. The molecular formula is C30H26FN5O2S2. The van der Waals surface area contributed by atoms with Crippen LogP contribution in [0.1, 0.15) is 24.1 Å². The molecule has 2 aliphatic rings. The number of benzene rings is 2. The predicted octanol–water partition coefficient (Wildman–Crippen LogP) is 5.12. The zero-order chi connectivity index (χ0) is 27.8. The van der Waals surface area contributed by atoms with Gasteiger partial charge in [-0.1, -0.05) is 60.4 Å². The Balaban J connectivity index is 1.34. The first kappa shape index (κ1) is 26.2. The third-order valence-corrected chi connectivity index (χ3v) is 8.62. The molecule has 2 aliphatic heterocycles. The van der Waals surface area contributed by atoms with Crippen molar-refractivity contribution in [2.24, 2.45) is 0 Å². The second-order valence-corrected chi connectivity index (χ2v) is 11.3. The Morgan fingerprint density at radius 2 is 1.60 bits per heavy atom. The monoisotopic (exact) mass is 571 g/mol. The number of pyridine rings is 1. The van der Waals surface area contributed by atoms with Gasteiger partial charge in [0.25, 0.3) is 11.5 Å². The number of fused-ring (bicyclic) bond motifs is 1. The van der Waals surface area contributed by atoms with Gasteiger partial charge in [0.15, 0.2) is 0 Å². The lowest BCUT2D eigenvalue weighted by Gasteiger charge is -2.37. The SMILES string of the molecule is CC(c1ccccc1)N1C(=O)/C(=C\c2c(N3CCN(c4ccc(F)cc4)CC3)nc3ccccn3c2=O)SC1=S. The molecule has 0 saturated carbocycles. The maximum absolute atomic E-state index is 13.8. The van der Waals surface area contributed by atoms with Crippen LogP contribution in [0, 0.1) is 5.82 Å². The van der Waals surface area contributed by atoms with Crippen LogP contribution in [0.2, 0.25) is 0 Å². The van der Waals surface area contributed by atoms with Gasteiger partial charge in [0.1, 0.15) is 21.6 Å². The summed E-state index contributed by atoms with van der Waals surface area (Å²) in [5.41, 5.74) is 2.57. The first-order valence-electron chi connectivity index (χ1n) is 13.0. The summed E-state index contributed by atoms with van der Waals surface area (Å²) < 4.78 is 15.4. The van der Waals surface area contributed by atoms with E-state index in [1.807, 2.05) is 43.3 Å². The van der Waals surface area contributed by atoms with Gasteiger partial charge in [-0.3, -0.25) is 18.9 Å². The topological polar surface area (TPSA) is 61.2 Å². The van der Waals surface area contributed by atoms with E-state index >= 15 is 0 Å². The molecule has 1 atom stereocenters. The van der Waals surface area contributed by atoms with Crippen molar-refractivity contribution in [1.82, 2.24) is 14.3 Å². The van der Waals surface area contributed by atoms with Gasteiger partial charge in [0.05, 0.1) is 16.5 Å². The quantitative estimate of drug-likeness (QED) is 0.243. The second-order valence-electron chi connectivity index (χ2n) is 9.67. The van der Waals surface area contributed by atoms with Crippen LogP contribution in [-0.2, 0) is 4.79 Å². The fourth-order valence-corrected chi connectivity index (χ4v) is 6.51. The number of aromatic nitrogens is 2. The highest BCUT2D eigenvalue weighted by molar-refractivity contribution is 8.26. The maximum Gasteiger partial charge on any atom is 0.267 e. The first-order chi connectivity index (χ1) is 19.4. The van der Waals surface area contributed by atoms with Crippen LogP contribution in [0.15, 0.2) is 88.7 Å². The van der Waals surface area contributed by atoms with Crippen molar-refractivity contribution in [3.8, 4) is 0 Å². The average molecular weight is 572 g/mol. The largest absolute Gasteiger partial charge is 0.368 e. The summed E-state index contributed by atoms with van der Waals surface area (Å²) in [5.74, 6) is 0.0452. The van der Waals surface area contributed by atoms with Gasteiger partial charge in [-0.15, -0.1) is 0 Å². The number of hydrogen-bond donors (Lipinski definition) is 0. The van der Waals surface area contributed by atoms with E-state index in [1.54, 1.807) is 41.4 Å². The van der Waals surface area contributed by atoms with Gasteiger partial charge in [-0.2, -0.15) is 0 Å². The number of piperazine rings is 1. The van der Waals surface area contributed by atoms with Crippen molar-refractivity contribution in [1.29, 1.82) is 0 Å². The maximum atomic E-state index is 13.8. The standard InChI is InChI=1S/C30H26FN5O2S2/c1-20(21-7-3-2-4-8-21)36-29(38)25(40-30(36)39)19-24-27(32-26-9-5-6-14-35(26)28(24)37)34-17-15-33(16-18-34)23-12-10-22(31)11-13-23/h2-14,19-20H,15-18H2,1H3/b25-19+. The fourth-order valence-electron chi connectivity index (χ4n) is 5.11. The van der Waals surface area contributed by atoms with E-state index in [9.17, 15) is 14.0 Å². The normalized spacial score (nSPS) is 17.8. The summed E-state index contributed by atoms with van der Waals surface area (Å²) in [6.45, 7) is 4.52. The summed E-state index contributed by atoms with van der Waals surface area (Å²) in [7, 11) is 0. The number of anilines is 2. The van der Waals surface area contributed by atoms with E-state index in [4.69, 9.17) is 17.2 Å². The molecular weight excluding hydrogens is 545 g/mol. The summed E-state index contributed by atoms with van der Waals surface area (Å²) >= 11 is 6.81. The minimum Gasteiger partial charge on any atom is -0.368 e. The van der Waals surface area contributed by atoms with E-state index in [0.717, 1.165) is 11.3 Å². The minimum absolute atomic E-state index is 0.226. The smallest absolute Gasteiger partial charge is 0.267 e. The Morgan fingerprint density at radius 1 is 0.925 bits per heavy atom. The van der Waals surface area contributed by atoms with E-state index in [2.05, 4.69) is 9.80 Å². The zero-order valence-electron chi connectivity index (χ0n) is 21.7. The molecule has 1 amide bonds. The molecule has 4 heterocycles. The molecule has 1 unspecified atom stereocenters. The number of amides is 1. The molecule has 2 fully saturated rings. The molecule has 2 aromatic carbocycles. The van der Waals surface area contributed by atoms with Crippen LogP contribution >= 0.6 is 24.0 Å². The second kappa shape index (κ2) is 10.9. The van der Waals surface area contributed by atoms with E-state index in [1.165, 1.54) is 28.3 Å². The Hall–Kier alpha value is -4.02. The lowest BCUT2D eigenvalue weighted by Crippen LogP contribution is -2.47. The van der Waals surface area contributed by atoms with Crippen molar-refractivity contribution < 1.29 is 9.18 Å². The van der Waals surface area contributed by atoms with Crippen molar-refractivity contribution in [3.05, 3.63) is 111 Å². The molecule has 4 aromatic rings. The molecule has 7 nitrogen and oxygen atoms in total. The Labute approximate surface area is 240 Å². The zero-order valence-corrected chi connectivity index (χ0v) is 23.4. The van der Waals surface area contributed by atoms with Crippen molar-refractivity contribution >= 4 is 57.4 Å². The minimum atomic E-state index is -0.267.